The molecule has 1 N–H and O–H groups in total. The summed E-state index contributed by atoms with van der Waals surface area (Å²) in [4.78, 5) is 10.3. The van der Waals surface area contributed by atoms with Gasteiger partial charge >= 0.3 is 0 Å². The molecule has 2 aromatic carbocycles. The molecular weight excluding hydrogens is 535 g/mol. The molecule has 0 spiro atoms. The zero-order valence-corrected chi connectivity index (χ0v) is 26.6. The molecule has 1 saturated heterocycles. The second-order valence-electron chi connectivity index (χ2n) is 10.8. The third kappa shape index (κ3) is 9.90. The highest BCUT2D eigenvalue weighted by molar-refractivity contribution is 7.97. The number of nitrogens with one attached hydrogen (secondary N) is 1. The summed E-state index contributed by atoms with van der Waals surface area (Å²) in [5.74, 6) is 1.85. The molecule has 0 unspecified atom stereocenters. The van der Waals surface area contributed by atoms with Crippen molar-refractivity contribution in [1.29, 1.82) is 5.26 Å². The number of likely N-dealkylation sites (tertiary alicyclic amines) is 1. The molecule has 2 aliphatic rings. The highest BCUT2D eigenvalue weighted by atomic mass is 32.2. The number of nitrogens with zero attached hydrogens (tertiary/aromatic N) is 4. The average molecular weight is 580 g/mol. The largest absolute Gasteiger partial charge is 0.490 e. The standard InChI is InChI=1S/C22H20N2OS.C7H16N2S.C3H9N/c1-14(2)25-20-10-9-16(11-17(20)12-23)22-24-13-21(26-22)19-8-4-6-15-5-3-7-18(15)19;1-8-10-7-6-9-4-2-3-5-9;1-4(2)3/h4,6,8-11,13-14H,3,5,7H2,1-2H3;8H,2-7H2,1H3;1-3H3. The van der Waals surface area contributed by atoms with Gasteiger partial charge in [-0.15, -0.1) is 11.3 Å². The third-order valence-corrected chi connectivity index (χ3v) is 8.23. The molecule has 6 nitrogen and oxygen atoms in total. The Morgan fingerprint density at radius 2 is 1.88 bits per heavy atom. The summed E-state index contributed by atoms with van der Waals surface area (Å²) in [7, 11) is 7.98. The van der Waals surface area contributed by atoms with E-state index in [-0.39, 0.29) is 6.10 Å². The van der Waals surface area contributed by atoms with Crippen LogP contribution in [0.15, 0.2) is 42.6 Å². The van der Waals surface area contributed by atoms with Gasteiger partial charge in [0, 0.05) is 24.1 Å². The van der Waals surface area contributed by atoms with Gasteiger partial charge in [0.1, 0.15) is 16.8 Å². The Kier molecular flexibility index (Phi) is 13.5. The van der Waals surface area contributed by atoms with Crippen molar-refractivity contribution in [1.82, 2.24) is 19.5 Å². The van der Waals surface area contributed by atoms with Crippen LogP contribution in [0.25, 0.3) is 21.0 Å². The van der Waals surface area contributed by atoms with Crippen molar-refractivity contribution in [3.63, 3.8) is 0 Å². The predicted octanol–water partition coefficient (Wildman–Crippen LogP) is 6.75. The minimum atomic E-state index is 0.0413. The molecule has 3 aromatic rings. The Balaban J connectivity index is 0.000000261. The lowest BCUT2D eigenvalue weighted by Crippen LogP contribution is -2.22. The van der Waals surface area contributed by atoms with E-state index < -0.39 is 0 Å². The quantitative estimate of drug-likeness (QED) is 0.234. The van der Waals surface area contributed by atoms with E-state index in [1.54, 1.807) is 23.3 Å². The van der Waals surface area contributed by atoms with Gasteiger partial charge in [-0.25, -0.2) is 4.98 Å². The Morgan fingerprint density at radius 1 is 1.12 bits per heavy atom. The first-order valence-corrected chi connectivity index (χ1v) is 16.0. The summed E-state index contributed by atoms with van der Waals surface area (Å²) in [6.45, 7) is 7.82. The van der Waals surface area contributed by atoms with Gasteiger partial charge in [0.15, 0.2) is 0 Å². The Labute approximate surface area is 249 Å². The maximum absolute atomic E-state index is 9.44. The number of hydrogen-bond acceptors (Lipinski definition) is 8. The maximum atomic E-state index is 9.44. The molecule has 8 heteroatoms. The van der Waals surface area contributed by atoms with Crippen LogP contribution >= 0.6 is 23.3 Å². The number of ether oxygens (including phenoxy) is 1. The van der Waals surface area contributed by atoms with Gasteiger partial charge < -0.3 is 14.5 Å². The van der Waals surface area contributed by atoms with Gasteiger partial charge in [0.05, 0.1) is 16.5 Å². The van der Waals surface area contributed by atoms with Crippen LogP contribution in [0, 0.1) is 11.3 Å². The number of aromatic nitrogens is 1. The molecule has 40 heavy (non-hydrogen) atoms. The molecule has 216 valence electrons. The van der Waals surface area contributed by atoms with Gasteiger partial charge in [-0.2, -0.15) is 5.26 Å². The van der Waals surface area contributed by atoms with Crippen LogP contribution in [-0.2, 0) is 12.8 Å². The number of rotatable bonds is 8. The molecule has 2 heterocycles. The van der Waals surface area contributed by atoms with Crippen LogP contribution in [0.4, 0.5) is 0 Å². The van der Waals surface area contributed by atoms with Crippen LogP contribution in [0.3, 0.4) is 0 Å². The smallest absolute Gasteiger partial charge is 0.137 e. The monoisotopic (exact) mass is 579 g/mol. The molecule has 1 aliphatic heterocycles. The summed E-state index contributed by atoms with van der Waals surface area (Å²) < 4.78 is 8.79. The van der Waals surface area contributed by atoms with E-state index in [9.17, 15) is 5.26 Å². The van der Waals surface area contributed by atoms with Crippen LogP contribution in [-0.4, -0.2) is 74.5 Å². The summed E-state index contributed by atoms with van der Waals surface area (Å²) in [5, 5.41) is 10.4. The maximum Gasteiger partial charge on any atom is 0.137 e. The molecule has 0 radical (unpaired) electrons. The second-order valence-corrected chi connectivity index (χ2v) is 12.9. The minimum Gasteiger partial charge on any atom is -0.490 e. The van der Waals surface area contributed by atoms with Crippen molar-refractivity contribution >= 4 is 23.3 Å². The highest BCUT2D eigenvalue weighted by Crippen LogP contribution is 2.38. The number of hydrogen-bond donors (Lipinski definition) is 1. The average Bonchev–Trinajstić information content (AvgIpc) is 3.71. The fourth-order valence-electron chi connectivity index (χ4n) is 4.77. The lowest BCUT2D eigenvalue weighted by Gasteiger charge is -2.12. The Hall–Kier alpha value is -2.41. The van der Waals surface area contributed by atoms with Crippen molar-refractivity contribution in [2.45, 2.75) is 52.1 Å². The van der Waals surface area contributed by atoms with E-state index in [2.05, 4.69) is 38.9 Å². The summed E-state index contributed by atoms with van der Waals surface area (Å²) in [6.07, 6.45) is 8.38. The topological polar surface area (TPSA) is 64.4 Å². The van der Waals surface area contributed by atoms with E-state index >= 15 is 0 Å². The predicted molar refractivity (Wildman–Crippen MR) is 172 cm³/mol. The first-order valence-electron chi connectivity index (χ1n) is 14.2. The van der Waals surface area contributed by atoms with E-state index in [4.69, 9.17) is 4.74 Å². The van der Waals surface area contributed by atoms with E-state index in [0.717, 1.165) is 17.0 Å². The lowest BCUT2D eigenvalue weighted by molar-refractivity contribution is 0.242. The van der Waals surface area contributed by atoms with Crippen LogP contribution < -0.4 is 9.46 Å². The summed E-state index contributed by atoms with van der Waals surface area (Å²) >= 11 is 3.49. The Bertz CT molecular complexity index is 1230. The van der Waals surface area contributed by atoms with Gasteiger partial charge in [-0.1, -0.05) is 30.1 Å². The number of aryl methyl sites for hydroxylation is 1. The van der Waals surface area contributed by atoms with E-state index in [0.29, 0.717) is 11.3 Å². The van der Waals surface area contributed by atoms with Crippen LogP contribution in [0.2, 0.25) is 0 Å². The molecule has 1 fully saturated rings. The van der Waals surface area contributed by atoms with Crippen molar-refractivity contribution in [3.8, 4) is 32.8 Å². The van der Waals surface area contributed by atoms with Crippen LogP contribution in [0.1, 0.15) is 49.8 Å². The molecule has 0 bridgehead atoms. The minimum absolute atomic E-state index is 0.0413. The second kappa shape index (κ2) is 16.8. The van der Waals surface area contributed by atoms with Crippen molar-refractivity contribution in [3.05, 3.63) is 59.3 Å². The number of benzene rings is 2. The van der Waals surface area contributed by atoms with Crippen molar-refractivity contribution in [2.24, 2.45) is 0 Å². The molecule has 5 rings (SSSR count). The fourth-order valence-corrected chi connectivity index (χ4v) is 6.29. The molecule has 1 aliphatic carbocycles. The molecular formula is C32H45N5OS2. The number of thiazole rings is 1. The zero-order chi connectivity index (χ0) is 28.9. The molecule has 0 atom stereocenters. The SMILES string of the molecule is CC(C)Oc1ccc(-c2ncc(-c3cccc4c3CCC4)s2)cc1C#N.CN(C)C.CNSCCN1CCCC1. The normalized spacial score (nSPS) is 14.3. The summed E-state index contributed by atoms with van der Waals surface area (Å²) in [6, 6.07) is 14.5. The van der Waals surface area contributed by atoms with Crippen molar-refractivity contribution < 1.29 is 4.74 Å². The number of nitriles is 1. The first kappa shape index (κ1) is 32.1. The highest BCUT2D eigenvalue weighted by Gasteiger charge is 2.18. The molecule has 0 amide bonds. The van der Waals surface area contributed by atoms with Gasteiger partial charge in [-0.3, -0.25) is 4.72 Å². The molecule has 1 aromatic heterocycles. The summed E-state index contributed by atoms with van der Waals surface area (Å²) in [5.41, 5.74) is 5.76. The number of fused-ring (bicyclic) bond motifs is 1. The zero-order valence-electron chi connectivity index (χ0n) is 25.0. The van der Waals surface area contributed by atoms with Crippen molar-refractivity contribution in [2.75, 3.05) is 53.6 Å². The van der Waals surface area contributed by atoms with Gasteiger partial charge in [0.2, 0.25) is 0 Å². The Morgan fingerprint density at radius 3 is 2.55 bits per heavy atom. The molecule has 0 saturated carbocycles. The van der Waals surface area contributed by atoms with E-state index in [1.165, 1.54) is 72.6 Å². The fraction of sp³-hybridized carbons (Fsp3) is 0.500. The first-order chi connectivity index (χ1) is 19.3. The lowest BCUT2D eigenvalue weighted by atomic mass is 10.0. The van der Waals surface area contributed by atoms with E-state index in [1.807, 2.05) is 71.3 Å². The van der Waals surface area contributed by atoms with Crippen LogP contribution in [0.5, 0.6) is 5.75 Å². The van der Waals surface area contributed by atoms with Gasteiger partial charge in [0.25, 0.3) is 0 Å². The van der Waals surface area contributed by atoms with Gasteiger partial charge in [-0.05, 0) is 122 Å². The third-order valence-electron chi connectivity index (χ3n) is 6.48.